The molecule has 3 heteroatoms. The predicted octanol–water partition coefficient (Wildman–Crippen LogP) is 3.77. The number of rotatable bonds is 1. The number of nitrogens with one attached hydrogen (secondary N) is 1. The lowest BCUT2D eigenvalue weighted by Crippen LogP contribution is -2.10. The van der Waals surface area contributed by atoms with Gasteiger partial charge in [-0.1, -0.05) is 18.6 Å². The van der Waals surface area contributed by atoms with Crippen molar-refractivity contribution in [3.05, 3.63) is 26.9 Å². The maximum Gasteiger partial charge on any atom is 0.117 e. The average molecular weight is 244 g/mol. The fourth-order valence-corrected chi connectivity index (χ4v) is 1.85. The molecule has 0 aromatic carbocycles. The van der Waals surface area contributed by atoms with Crippen LogP contribution in [0.3, 0.4) is 0 Å². The third-order valence-corrected chi connectivity index (χ3v) is 3.67. The lowest BCUT2D eigenvalue weighted by molar-refractivity contribution is 0.411. The van der Waals surface area contributed by atoms with E-state index in [2.05, 4.69) is 27.0 Å². The van der Waals surface area contributed by atoms with Crippen LogP contribution in [0.1, 0.15) is 30.9 Å². The van der Waals surface area contributed by atoms with Crippen LogP contribution in [0.5, 0.6) is 0 Å². The van der Waals surface area contributed by atoms with Crippen LogP contribution in [-0.2, 0) is 0 Å². The van der Waals surface area contributed by atoms with Gasteiger partial charge in [0, 0.05) is 5.69 Å². The zero-order chi connectivity index (χ0) is 8.55. The molecule has 0 saturated heterocycles. The van der Waals surface area contributed by atoms with Crippen LogP contribution in [0, 0.1) is 4.64 Å². The summed E-state index contributed by atoms with van der Waals surface area (Å²) in [5.74, 6) is 0.736. The second-order valence-corrected chi connectivity index (χ2v) is 4.48. The van der Waals surface area contributed by atoms with Crippen molar-refractivity contribution in [2.24, 2.45) is 0 Å². The summed E-state index contributed by atoms with van der Waals surface area (Å²) in [6, 6.07) is 4.16. The summed E-state index contributed by atoms with van der Waals surface area (Å²) in [5, 5.41) is 0. The molecule has 0 spiro atoms. The normalized spacial score (nSPS) is 17.4. The Balaban J connectivity index is 2.33. The van der Waals surface area contributed by atoms with E-state index < -0.39 is 0 Å². The summed E-state index contributed by atoms with van der Waals surface area (Å²) < 4.78 is 1.81. The molecule has 0 radical (unpaired) electrons. The van der Waals surface area contributed by atoms with E-state index in [0.29, 0.717) is 0 Å². The van der Waals surface area contributed by atoms with Gasteiger partial charge in [0.05, 0.1) is 4.47 Å². The number of hydrogen-bond donors (Lipinski definition) is 1. The first-order valence-electron chi connectivity index (χ1n) is 4.16. The van der Waals surface area contributed by atoms with E-state index in [1.165, 1.54) is 25.0 Å². The van der Waals surface area contributed by atoms with Gasteiger partial charge in [0.1, 0.15) is 4.64 Å². The summed E-state index contributed by atoms with van der Waals surface area (Å²) in [6.07, 6.45) is 3.99. The fourth-order valence-electron chi connectivity index (χ4n) is 1.43. The van der Waals surface area contributed by atoms with Crippen LogP contribution in [0.2, 0.25) is 0 Å². The molecule has 1 aromatic heterocycles. The molecule has 1 aliphatic carbocycles. The lowest BCUT2D eigenvalue weighted by atomic mass is 9.83. The minimum Gasteiger partial charge on any atom is -0.349 e. The standard InChI is InChI=1S/C9H10BrNS/c10-7-4-5-8(11-9(7)12)6-2-1-3-6/h4-6H,1-3H2,(H,11,12). The number of halogens is 1. The van der Waals surface area contributed by atoms with E-state index in [1.807, 2.05) is 6.07 Å². The SMILES string of the molecule is S=c1[nH]c(C2CCC2)ccc1Br. The molecule has 0 atom stereocenters. The molecule has 1 heterocycles. The Morgan fingerprint density at radius 1 is 1.42 bits per heavy atom. The number of H-pyrrole nitrogens is 1. The average Bonchev–Trinajstić information content (AvgIpc) is 1.93. The molecular weight excluding hydrogens is 234 g/mol. The van der Waals surface area contributed by atoms with E-state index >= 15 is 0 Å². The molecule has 1 N–H and O–H groups in total. The van der Waals surface area contributed by atoms with E-state index in [9.17, 15) is 0 Å². The van der Waals surface area contributed by atoms with Crippen molar-refractivity contribution in [2.45, 2.75) is 25.2 Å². The summed E-state index contributed by atoms with van der Waals surface area (Å²) >= 11 is 8.51. The smallest absolute Gasteiger partial charge is 0.117 e. The molecule has 0 amide bonds. The van der Waals surface area contributed by atoms with Crippen LogP contribution in [0.15, 0.2) is 16.6 Å². The Morgan fingerprint density at radius 3 is 2.67 bits per heavy atom. The highest BCUT2D eigenvalue weighted by atomic mass is 79.9. The Bertz CT molecular complexity index is 341. The number of aromatic nitrogens is 1. The van der Waals surface area contributed by atoms with E-state index in [1.54, 1.807) is 0 Å². The first-order valence-corrected chi connectivity index (χ1v) is 5.36. The third-order valence-electron chi connectivity index (χ3n) is 2.43. The predicted molar refractivity (Wildman–Crippen MR) is 55.9 cm³/mol. The zero-order valence-electron chi connectivity index (χ0n) is 6.64. The van der Waals surface area contributed by atoms with Crippen LogP contribution < -0.4 is 0 Å². The van der Waals surface area contributed by atoms with Crippen molar-refractivity contribution in [1.29, 1.82) is 0 Å². The molecule has 12 heavy (non-hydrogen) atoms. The maximum atomic E-state index is 5.13. The fraction of sp³-hybridized carbons (Fsp3) is 0.444. The number of pyridine rings is 1. The van der Waals surface area contributed by atoms with E-state index in [-0.39, 0.29) is 0 Å². The minimum atomic E-state index is 0.736. The van der Waals surface area contributed by atoms with Gasteiger partial charge in [-0.3, -0.25) is 0 Å². The van der Waals surface area contributed by atoms with Gasteiger partial charge in [-0.2, -0.15) is 0 Å². The second-order valence-electron chi connectivity index (χ2n) is 3.22. The van der Waals surface area contributed by atoms with Gasteiger partial charge in [-0.15, -0.1) is 0 Å². The molecular formula is C9H10BrNS. The highest BCUT2D eigenvalue weighted by Crippen LogP contribution is 2.35. The third kappa shape index (κ3) is 1.48. The summed E-state index contributed by atoms with van der Waals surface area (Å²) in [6.45, 7) is 0. The van der Waals surface area contributed by atoms with Gasteiger partial charge in [0.25, 0.3) is 0 Å². The first-order chi connectivity index (χ1) is 5.77. The Hall–Kier alpha value is -0.150. The van der Waals surface area contributed by atoms with Gasteiger partial charge in [-0.05, 0) is 46.8 Å². The molecule has 1 aromatic rings. The van der Waals surface area contributed by atoms with Crippen molar-refractivity contribution in [1.82, 2.24) is 4.98 Å². The Morgan fingerprint density at radius 2 is 2.17 bits per heavy atom. The summed E-state index contributed by atoms with van der Waals surface area (Å²) in [5.41, 5.74) is 1.30. The summed E-state index contributed by atoms with van der Waals surface area (Å²) in [7, 11) is 0. The monoisotopic (exact) mass is 243 g/mol. The highest BCUT2D eigenvalue weighted by Gasteiger charge is 2.19. The minimum absolute atomic E-state index is 0.736. The largest absolute Gasteiger partial charge is 0.349 e. The first kappa shape index (κ1) is 8.45. The Kier molecular flexibility index (Phi) is 2.33. The molecule has 1 aliphatic rings. The van der Waals surface area contributed by atoms with Gasteiger partial charge in [-0.25, -0.2) is 0 Å². The number of hydrogen-bond acceptors (Lipinski definition) is 1. The molecule has 1 nitrogen and oxygen atoms in total. The van der Waals surface area contributed by atoms with Crippen molar-refractivity contribution in [3.63, 3.8) is 0 Å². The van der Waals surface area contributed by atoms with Crippen LogP contribution >= 0.6 is 28.1 Å². The van der Waals surface area contributed by atoms with Gasteiger partial charge in [0.2, 0.25) is 0 Å². The van der Waals surface area contributed by atoms with Crippen molar-refractivity contribution < 1.29 is 0 Å². The topological polar surface area (TPSA) is 15.8 Å². The zero-order valence-corrected chi connectivity index (χ0v) is 9.04. The van der Waals surface area contributed by atoms with Crippen molar-refractivity contribution in [3.8, 4) is 0 Å². The van der Waals surface area contributed by atoms with Crippen LogP contribution in [-0.4, -0.2) is 4.98 Å². The Labute approximate surface area is 85.3 Å². The molecule has 64 valence electrons. The van der Waals surface area contributed by atoms with Gasteiger partial charge < -0.3 is 4.98 Å². The van der Waals surface area contributed by atoms with Crippen molar-refractivity contribution >= 4 is 28.1 Å². The van der Waals surface area contributed by atoms with Crippen LogP contribution in [0.25, 0.3) is 0 Å². The molecule has 1 saturated carbocycles. The maximum absolute atomic E-state index is 5.13. The lowest BCUT2D eigenvalue weighted by Gasteiger charge is -2.25. The summed E-state index contributed by atoms with van der Waals surface area (Å²) in [4.78, 5) is 3.25. The molecule has 0 unspecified atom stereocenters. The highest BCUT2D eigenvalue weighted by molar-refractivity contribution is 9.10. The quantitative estimate of drug-likeness (QED) is 0.743. The molecule has 1 fully saturated rings. The van der Waals surface area contributed by atoms with Gasteiger partial charge >= 0.3 is 0 Å². The van der Waals surface area contributed by atoms with Crippen molar-refractivity contribution in [2.75, 3.05) is 0 Å². The van der Waals surface area contributed by atoms with E-state index in [0.717, 1.165) is 15.0 Å². The molecule has 0 bridgehead atoms. The van der Waals surface area contributed by atoms with Crippen LogP contribution in [0.4, 0.5) is 0 Å². The second kappa shape index (κ2) is 3.30. The number of aromatic amines is 1. The molecule has 2 rings (SSSR count). The molecule has 0 aliphatic heterocycles. The van der Waals surface area contributed by atoms with Gasteiger partial charge in [0.15, 0.2) is 0 Å². The van der Waals surface area contributed by atoms with E-state index in [4.69, 9.17) is 12.2 Å².